The van der Waals surface area contributed by atoms with E-state index < -0.39 is 28.6 Å². The SMILES string of the molecule is CC1CC(C(CC(=O)[C@@H]2CNC(=O)N2)c2ccc(F)c(Cl)c2F)CCN1C. The van der Waals surface area contributed by atoms with Crippen molar-refractivity contribution < 1.29 is 18.4 Å². The van der Waals surface area contributed by atoms with Gasteiger partial charge in [-0.2, -0.15) is 0 Å². The molecule has 5 nitrogen and oxygen atoms in total. The molecule has 1 aromatic carbocycles. The topological polar surface area (TPSA) is 61.4 Å². The summed E-state index contributed by atoms with van der Waals surface area (Å²) in [5.41, 5.74) is 0.272. The van der Waals surface area contributed by atoms with Crippen molar-refractivity contribution in [1.29, 1.82) is 0 Å². The van der Waals surface area contributed by atoms with Crippen LogP contribution in [0.3, 0.4) is 0 Å². The molecule has 3 unspecified atom stereocenters. The number of carbonyl (C=O) groups is 2. The quantitative estimate of drug-likeness (QED) is 0.748. The van der Waals surface area contributed by atoms with Crippen LogP contribution >= 0.6 is 11.6 Å². The Morgan fingerprint density at radius 1 is 1.41 bits per heavy atom. The predicted molar refractivity (Wildman–Crippen MR) is 98.9 cm³/mol. The summed E-state index contributed by atoms with van der Waals surface area (Å²) in [6.45, 7) is 3.16. The van der Waals surface area contributed by atoms with E-state index in [9.17, 15) is 18.4 Å². The molecule has 0 aromatic heterocycles. The van der Waals surface area contributed by atoms with Crippen LogP contribution in [-0.2, 0) is 4.79 Å². The zero-order valence-corrected chi connectivity index (χ0v) is 16.2. The van der Waals surface area contributed by atoms with Crippen LogP contribution in [0.15, 0.2) is 12.1 Å². The molecule has 4 atom stereocenters. The zero-order valence-electron chi connectivity index (χ0n) is 15.4. The summed E-state index contributed by atoms with van der Waals surface area (Å²) in [6.07, 6.45) is 1.69. The van der Waals surface area contributed by atoms with Crippen LogP contribution in [0.5, 0.6) is 0 Å². The van der Waals surface area contributed by atoms with Gasteiger partial charge in [-0.25, -0.2) is 13.6 Å². The summed E-state index contributed by atoms with van der Waals surface area (Å²) in [4.78, 5) is 26.3. The van der Waals surface area contributed by atoms with Gasteiger partial charge in [0.05, 0.1) is 0 Å². The molecular formula is C19H24ClF2N3O2. The van der Waals surface area contributed by atoms with Crippen molar-refractivity contribution in [1.82, 2.24) is 15.5 Å². The van der Waals surface area contributed by atoms with Crippen LogP contribution in [0.4, 0.5) is 13.6 Å². The molecule has 2 fully saturated rings. The number of urea groups is 1. The largest absolute Gasteiger partial charge is 0.336 e. The van der Waals surface area contributed by atoms with Crippen LogP contribution in [-0.4, -0.2) is 48.9 Å². The van der Waals surface area contributed by atoms with Crippen molar-refractivity contribution in [2.75, 3.05) is 20.1 Å². The predicted octanol–water partition coefficient (Wildman–Crippen LogP) is 3.07. The number of piperidine rings is 1. The zero-order chi connectivity index (χ0) is 19.7. The van der Waals surface area contributed by atoms with Crippen LogP contribution in [0, 0.1) is 17.6 Å². The van der Waals surface area contributed by atoms with E-state index in [0.717, 1.165) is 25.5 Å². The lowest BCUT2D eigenvalue weighted by Gasteiger charge is -2.39. The number of rotatable bonds is 5. The minimum atomic E-state index is -0.813. The van der Waals surface area contributed by atoms with Crippen molar-refractivity contribution >= 4 is 23.4 Å². The Morgan fingerprint density at radius 2 is 2.15 bits per heavy atom. The first-order valence-electron chi connectivity index (χ1n) is 9.18. The average Bonchev–Trinajstić information content (AvgIpc) is 3.07. The molecule has 8 heteroatoms. The molecule has 0 spiro atoms. The van der Waals surface area contributed by atoms with E-state index in [0.29, 0.717) is 6.04 Å². The number of hydrogen-bond acceptors (Lipinski definition) is 3. The van der Waals surface area contributed by atoms with Crippen molar-refractivity contribution in [2.24, 2.45) is 5.92 Å². The number of nitrogens with one attached hydrogen (secondary N) is 2. The van der Waals surface area contributed by atoms with E-state index >= 15 is 0 Å². The second-order valence-electron chi connectivity index (χ2n) is 7.56. The Bertz CT molecular complexity index is 746. The van der Waals surface area contributed by atoms with Gasteiger partial charge in [-0.15, -0.1) is 0 Å². The number of Topliss-reactive ketones (excluding diaryl/α,β-unsaturated/α-hetero) is 1. The minimum Gasteiger partial charge on any atom is -0.336 e. The molecule has 0 aliphatic carbocycles. The van der Waals surface area contributed by atoms with E-state index in [4.69, 9.17) is 11.6 Å². The van der Waals surface area contributed by atoms with Crippen LogP contribution in [0.2, 0.25) is 5.02 Å². The smallest absolute Gasteiger partial charge is 0.315 e. The van der Waals surface area contributed by atoms with E-state index in [1.165, 1.54) is 6.07 Å². The number of halogens is 3. The van der Waals surface area contributed by atoms with Crippen LogP contribution in [0.25, 0.3) is 0 Å². The number of amides is 2. The fourth-order valence-corrected chi connectivity index (χ4v) is 4.23. The van der Waals surface area contributed by atoms with Crippen LogP contribution < -0.4 is 10.6 Å². The summed E-state index contributed by atoms with van der Waals surface area (Å²) < 4.78 is 28.4. The highest BCUT2D eigenvalue weighted by atomic mass is 35.5. The first kappa shape index (κ1) is 20.0. The molecule has 2 amide bonds. The standard InChI is InChI=1S/C19H24ClF2N3O2/c1-10-7-11(5-6-25(10)2)13(8-16(26)15-9-23-19(27)24-15)12-3-4-14(21)17(20)18(12)22/h3-4,10-11,13,15H,5-9H2,1-2H3,(H2,23,24,27)/t10?,11?,13?,15-/m0/s1. The molecule has 148 valence electrons. The fourth-order valence-electron chi connectivity index (χ4n) is 4.06. The second kappa shape index (κ2) is 8.10. The number of hydrogen-bond donors (Lipinski definition) is 2. The monoisotopic (exact) mass is 399 g/mol. The third-order valence-electron chi connectivity index (χ3n) is 5.86. The van der Waals surface area contributed by atoms with Gasteiger partial charge < -0.3 is 15.5 Å². The van der Waals surface area contributed by atoms with E-state index in [1.807, 2.05) is 7.05 Å². The molecule has 0 bridgehead atoms. The van der Waals surface area contributed by atoms with Gasteiger partial charge in [0.2, 0.25) is 0 Å². The van der Waals surface area contributed by atoms with Gasteiger partial charge in [0.25, 0.3) is 0 Å². The summed E-state index contributed by atoms with van der Waals surface area (Å²) in [7, 11) is 2.04. The first-order valence-corrected chi connectivity index (χ1v) is 9.56. The van der Waals surface area contributed by atoms with Crippen molar-refractivity contribution in [3.05, 3.63) is 34.4 Å². The molecule has 3 rings (SSSR count). The Kier molecular flexibility index (Phi) is 6.01. The van der Waals surface area contributed by atoms with Gasteiger partial charge >= 0.3 is 6.03 Å². The molecule has 2 aliphatic heterocycles. The Morgan fingerprint density at radius 3 is 2.78 bits per heavy atom. The summed E-state index contributed by atoms with van der Waals surface area (Å²) in [5, 5.41) is 4.60. The highest BCUT2D eigenvalue weighted by Gasteiger charge is 2.36. The lowest BCUT2D eigenvalue weighted by atomic mass is 9.75. The van der Waals surface area contributed by atoms with Crippen molar-refractivity contribution in [2.45, 2.75) is 44.2 Å². The van der Waals surface area contributed by atoms with Crippen molar-refractivity contribution in [3.63, 3.8) is 0 Å². The van der Waals surface area contributed by atoms with Crippen LogP contribution in [0.1, 0.15) is 37.7 Å². The number of likely N-dealkylation sites (tertiary alicyclic amines) is 1. The third-order valence-corrected chi connectivity index (χ3v) is 6.21. The fraction of sp³-hybridized carbons (Fsp3) is 0.579. The maximum absolute atomic E-state index is 14.8. The summed E-state index contributed by atoms with van der Waals surface area (Å²) >= 11 is 5.79. The van der Waals surface area contributed by atoms with Gasteiger partial charge in [-0.3, -0.25) is 4.79 Å². The maximum atomic E-state index is 14.8. The highest BCUT2D eigenvalue weighted by Crippen LogP contribution is 2.40. The van der Waals surface area contributed by atoms with E-state index in [2.05, 4.69) is 22.5 Å². The molecule has 27 heavy (non-hydrogen) atoms. The van der Waals surface area contributed by atoms with Gasteiger partial charge in [0.1, 0.15) is 22.7 Å². The first-order chi connectivity index (χ1) is 12.8. The number of carbonyl (C=O) groups excluding carboxylic acids is 2. The van der Waals surface area contributed by atoms with Crippen molar-refractivity contribution in [3.8, 4) is 0 Å². The molecule has 2 saturated heterocycles. The summed E-state index contributed by atoms with van der Waals surface area (Å²) in [5.74, 6) is -2.11. The van der Waals surface area contributed by atoms with E-state index in [-0.39, 0.29) is 36.3 Å². The maximum Gasteiger partial charge on any atom is 0.315 e. The molecule has 0 radical (unpaired) electrons. The van der Waals surface area contributed by atoms with Gasteiger partial charge in [0.15, 0.2) is 5.78 Å². The Hall–Kier alpha value is -1.73. The lowest BCUT2D eigenvalue weighted by molar-refractivity contribution is -0.121. The van der Waals surface area contributed by atoms with E-state index in [1.54, 1.807) is 0 Å². The number of ketones is 1. The second-order valence-corrected chi connectivity index (χ2v) is 7.94. The molecule has 2 N–H and O–H groups in total. The highest BCUT2D eigenvalue weighted by molar-refractivity contribution is 6.31. The van der Waals surface area contributed by atoms with Gasteiger partial charge in [0, 0.05) is 19.0 Å². The minimum absolute atomic E-state index is 0.0706. The third kappa shape index (κ3) is 4.24. The van der Waals surface area contributed by atoms with Gasteiger partial charge in [-0.1, -0.05) is 17.7 Å². The molecule has 0 saturated carbocycles. The van der Waals surface area contributed by atoms with Gasteiger partial charge in [-0.05, 0) is 56.8 Å². The Labute approximate surface area is 162 Å². The molecule has 2 heterocycles. The number of nitrogens with zero attached hydrogens (tertiary/aromatic N) is 1. The molecule has 2 aliphatic rings. The molecular weight excluding hydrogens is 376 g/mol. The summed E-state index contributed by atoms with van der Waals surface area (Å²) in [6, 6.07) is 1.84. The molecule has 1 aromatic rings. The normalized spacial score (nSPS) is 27.1. The Balaban J connectivity index is 1.88. The average molecular weight is 400 g/mol. The lowest BCUT2D eigenvalue weighted by Crippen LogP contribution is -2.41. The number of benzene rings is 1.